The molecule has 2 aliphatic heterocycles. The third kappa shape index (κ3) is 3.18. The fourth-order valence-electron chi connectivity index (χ4n) is 3.97. The van der Waals surface area contributed by atoms with Crippen LogP contribution in [0, 0.1) is 5.41 Å². The highest BCUT2D eigenvalue weighted by Crippen LogP contribution is 2.39. The Hall–Kier alpha value is -1.50. The maximum Gasteiger partial charge on any atom is 0.267 e. The number of rotatable bonds is 3. The lowest BCUT2D eigenvalue weighted by Crippen LogP contribution is -2.55. The van der Waals surface area contributed by atoms with Crippen LogP contribution >= 0.6 is 11.5 Å². The van der Waals surface area contributed by atoms with Crippen LogP contribution < -0.4 is 0 Å². The second kappa shape index (κ2) is 6.78. The lowest BCUT2D eigenvalue weighted by Gasteiger charge is -2.48. The number of hydrogen-bond acceptors (Lipinski definition) is 5. The molecular formula is C17H26N4O2S. The molecule has 2 fully saturated rings. The Bertz CT molecular complexity index is 630. The number of aromatic nitrogens is 2. The Labute approximate surface area is 147 Å². The van der Waals surface area contributed by atoms with Gasteiger partial charge in [-0.3, -0.25) is 9.59 Å². The molecule has 1 aromatic heterocycles. The van der Waals surface area contributed by atoms with Gasteiger partial charge in [-0.1, -0.05) is 18.3 Å². The van der Waals surface area contributed by atoms with E-state index >= 15 is 0 Å². The van der Waals surface area contributed by atoms with E-state index in [1.807, 2.05) is 30.6 Å². The molecule has 132 valence electrons. The molecule has 1 spiro atoms. The number of nitrogens with zero attached hydrogens (tertiary/aromatic N) is 4. The maximum atomic E-state index is 13.0. The molecule has 0 saturated carbocycles. The average Bonchev–Trinajstić information content (AvgIpc) is 3.07. The Kier molecular flexibility index (Phi) is 4.90. The van der Waals surface area contributed by atoms with Crippen molar-refractivity contribution < 1.29 is 9.59 Å². The van der Waals surface area contributed by atoms with E-state index in [4.69, 9.17) is 0 Å². The molecule has 1 aromatic rings. The summed E-state index contributed by atoms with van der Waals surface area (Å²) in [6.45, 7) is 9.17. The fourth-order valence-corrected chi connectivity index (χ4v) is 4.76. The van der Waals surface area contributed by atoms with E-state index in [0.29, 0.717) is 11.3 Å². The van der Waals surface area contributed by atoms with Gasteiger partial charge in [-0.15, -0.1) is 5.10 Å². The van der Waals surface area contributed by atoms with Crippen molar-refractivity contribution in [3.8, 4) is 0 Å². The molecule has 0 radical (unpaired) electrons. The minimum atomic E-state index is 0.0627. The van der Waals surface area contributed by atoms with Crippen LogP contribution in [0.5, 0.6) is 0 Å². The number of likely N-dealkylation sites (tertiary alicyclic amines) is 2. The fraction of sp³-hybridized carbons (Fsp3) is 0.765. The van der Waals surface area contributed by atoms with Gasteiger partial charge >= 0.3 is 0 Å². The first kappa shape index (κ1) is 17.3. The highest BCUT2D eigenvalue weighted by atomic mass is 32.1. The van der Waals surface area contributed by atoms with Crippen molar-refractivity contribution in [1.29, 1.82) is 0 Å². The highest BCUT2D eigenvalue weighted by Gasteiger charge is 2.43. The second-order valence-electron chi connectivity index (χ2n) is 7.38. The van der Waals surface area contributed by atoms with Crippen LogP contribution in [0.2, 0.25) is 0 Å². The highest BCUT2D eigenvalue weighted by molar-refractivity contribution is 7.08. The molecule has 2 aliphatic rings. The summed E-state index contributed by atoms with van der Waals surface area (Å²) < 4.78 is 3.99. The lowest BCUT2D eigenvalue weighted by atomic mass is 9.73. The first-order chi connectivity index (χ1) is 11.5. The van der Waals surface area contributed by atoms with E-state index in [-0.39, 0.29) is 23.1 Å². The topological polar surface area (TPSA) is 66.4 Å². The van der Waals surface area contributed by atoms with Crippen LogP contribution in [0.25, 0.3) is 0 Å². The van der Waals surface area contributed by atoms with Crippen molar-refractivity contribution in [3.63, 3.8) is 0 Å². The van der Waals surface area contributed by atoms with Gasteiger partial charge < -0.3 is 9.80 Å². The standard InChI is InChI=1S/C17H26N4O2S/c1-4-20-10-17(8-6-13(20)22)7-5-9-21(11-17)16(23)15-14(12(2)3)18-19-24-15/h12H,4-11H2,1-3H3/t17-/m0/s1. The molecule has 7 heteroatoms. The molecule has 24 heavy (non-hydrogen) atoms. The summed E-state index contributed by atoms with van der Waals surface area (Å²) in [6.07, 6.45) is 3.60. The van der Waals surface area contributed by atoms with Gasteiger partial charge in [0.15, 0.2) is 0 Å². The van der Waals surface area contributed by atoms with E-state index in [1.165, 1.54) is 11.5 Å². The van der Waals surface area contributed by atoms with Gasteiger partial charge in [-0.25, -0.2) is 0 Å². The van der Waals surface area contributed by atoms with E-state index in [2.05, 4.69) is 9.59 Å². The van der Waals surface area contributed by atoms with Crippen LogP contribution in [-0.2, 0) is 4.79 Å². The molecule has 1 atom stereocenters. The third-order valence-electron chi connectivity index (χ3n) is 5.33. The minimum absolute atomic E-state index is 0.0627. The van der Waals surface area contributed by atoms with Gasteiger partial charge in [0.05, 0.1) is 5.69 Å². The second-order valence-corrected chi connectivity index (χ2v) is 8.13. The molecule has 2 amide bonds. The van der Waals surface area contributed by atoms with Crippen LogP contribution in [-0.4, -0.2) is 57.4 Å². The third-order valence-corrected chi connectivity index (χ3v) is 6.06. The monoisotopic (exact) mass is 350 g/mol. The smallest absolute Gasteiger partial charge is 0.267 e. The van der Waals surface area contributed by atoms with Crippen molar-refractivity contribution in [3.05, 3.63) is 10.6 Å². The first-order valence-corrected chi connectivity index (χ1v) is 9.62. The Morgan fingerprint density at radius 2 is 2.12 bits per heavy atom. The maximum absolute atomic E-state index is 13.0. The predicted molar refractivity (Wildman–Crippen MR) is 93.1 cm³/mol. The number of hydrogen-bond donors (Lipinski definition) is 0. The summed E-state index contributed by atoms with van der Waals surface area (Å²) in [5, 5.41) is 4.14. The molecule has 0 aliphatic carbocycles. The van der Waals surface area contributed by atoms with E-state index < -0.39 is 0 Å². The van der Waals surface area contributed by atoms with Crippen LogP contribution in [0.15, 0.2) is 0 Å². The molecule has 6 nitrogen and oxygen atoms in total. The molecule has 3 heterocycles. The molecular weight excluding hydrogens is 324 g/mol. The average molecular weight is 350 g/mol. The van der Waals surface area contributed by atoms with E-state index in [1.54, 1.807) is 0 Å². The number of piperidine rings is 2. The Balaban J connectivity index is 1.77. The van der Waals surface area contributed by atoms with Crippen molar-refractivity contribution >= 4 is 23.3 Å². The summed E-state index contributed by atoms with van der Waals surface area (Å²) in [6, 6.07) is 0. The van der Waals surface area contributed by atoms with Gasteiger partial charge in [0.25, 0.3) is 5.91 Å². The van der Waals surface area contributed by atoms with Crippen molar-refractivity contribution in [2.45, 2.75) is 52.4 Å². The zero-order valence-electron chi connectivity index (χ0n) is 14.7. The molecule has 0 N–H and O–H groups in total. The van der Waals surface area contributed by atoms with E-state index in [9.17, 15) is 9.59 Å². The quantitative estimate of drug-likeness (QED) is 0.840. The van der Waals surface area contributed by atoms with Gasteiger partial charge in [-0.2, -0.15) is 0 Å². The minimum Gasteiger partial charge on any atom is -0.342 e. The largest absolute Gasteiger partial charge is 0.342 e. The van der Waals surface area contributed by atoms with Gasteiger partial charge in [-0.05, 0) is 43.6 Å². The zero-order valence-corrected chi connectivity index (χ0v) is 15.6. The molecule has 0 unspecified atom stereocenters. The number of amides is 2. The summed E-state index contributed by atoms with van der Waals surface area (Å²) in [4.78, 5) is 29.6. The van der Waals surface area contributed by atoms with Gasteiger partial charge in [0.2, 0.25) is 5.91 Å². The molecule has 0 aromatic carbocycles. The van der Waals surface area contributed by atoms with Gasteiger partial charge in [0.1, 0.15) is 4.88 Å². The molecule has 3 rings (SSSR count). The lowest BCUT2D eigenvalue weighted by molar-refractivity contribution is -0.138. The SMILES string of the molecule is CCN1C[C@]2(CCCN(C(=O)c3snnc3C(C)C)C2)CCC1=O. The van der Waals surface area contributed by atoms with Crippen molar-refractivity contribution in [2.24, 2.45) is 5.41 Å². The van der Waals surface area contributed by atoms with E-state index in [0.717, 1.165) is 51.1 Å². The zero-order chi connectivity index (χ0) is 17.3. The molecule has 0 bridgehead atoms. The normalized spacial score (nSPS) is 24.9. The predicted octanol–water partition coefficient (Wildman–Crippen LogP) is 2.53. The number of carbonyl (C=O) groups excluding carboxylic acids is 2. The van der Waals surface area contributed by atoms with Crippen molar-refractivity contribution in [1.82, 2.24) is 19.4 Å². The molecule has 2 saturated heterocycles. The number of carbonyl (C=O) groups is 2. The van der Waals surface area contributed by atoms with Crippen LogP contribution in [0.1, 0.15) is 67.7 Å². The van der Waals surface area contributed by atoms with Crippen LogP contribution in [0.4, 0.5) is 0 Å². The summed E-state index contributed by atoms with van der Waals surface area (Å²) in [5.41, 5.74) is 0.868. The van der Waals surface area contributed by atoms with Crippen LogP contribution in [0.3, 0.4) is 0 Å². The first-order valence-electron chi connectivity index (χ1n) is 8.85. The summed E-state index contributed by atoms with van der Waals surface area (Å²) >= 11 is 1.20. The van der Waals surface area contributed by atoms with Crippen molar-refractivity contribution in [2.75, 3.05) is 26.2 Å². The summed E-state index contributed by atoms with van der Waals surface area (Å²) in [7, 11) is 0. The Morgan fingerprint density at radius 1 is 1.33 bits per heavy atom. The van der Waals surface area contributed by atoms with Gasteiger partial charge in [0, 0.05) is 38.0 Å². The Morgan fingerprint density at radius 3 is 2.83 bits per heavy atom. The summed E-state index contributed by atoms with van der Waals surface area (Å²) in [5.74, 6) is 0.511.